The van der Waals surface area contributed by atoms with Gasteiger partial charge in [0.05, 0.1) is 5.69 Å². The molecule has 0 atom stereocenters. The highest BCUT2D eigenvalue weighted by atomic mass is 79.9. The number of amides is 5. The van der Waals surface area contributed by atoms with Crippen LogP contribution in [0.3, 0.4) is 0 Å². The Kier molecular flexibility index (Phi) is 7.89. The SMILES string of the molecule is Cc1ccc(NC(=O)COc2ccc(Br)cc2/C=C2\C(=O)NC(=O)N(c3ccc(Br)cc3)C2=O)c(C)c1. The molecule has 0 radical (unpaired) electrons. The largest absolute Gasteiger partial charge is 0.483 e. The number of urea groups is 1. The maximum absolute atomic E-state index is 13.2. The first kappa shape index (κ1) is 26.3. The summed E-state index contributed by atoms with van der Waals surface area (Å²) in [7, 11) is 0. The molecule has 1 heterocycles. The summed E-state index contributed by atoms with van der Waals surface area (Å²) < 4.78 is 7.17. The Morgan fingerprint density at radius 3 is 2.38 bits per heavy atom. The number of rotatable bonds is 6. The van der Waals surface area contributed by atoms with Gasteiger partial charge in [0, 0.05) is 20.2 Å². The fraction of sp³-hybridized carbons (Fsp3) is 0.111. The van der Waals surface area contributed by atoms with E-state index in [0.29, 0.717) is 21.4 Å². The second-order valence-corrected chi connectivity index (χ2v) is 10.1. The number of nitrogens with one attached hydrogen (secondary N) is 2. The summed E-state index contributed by atoms with van der Waals surface area (Å²) in [6.45, 7) is 3.57. The predicted octanol–water partition coefficient (Wildman–Crippen LogP) is 5.51. The number of carbonyl (C=O) groups excluding carboxylic acids is 4. The van der Waals surface area contributed by atoms with Crippen LogP contribution in [0, 0.1) is 13.8 Å². The van der Waals surface area contributed by atoms with E-state index in [4.69, 9.17) is 4.74 Å². The number of anilines is 2. The van der Waals surface area contributed by atoms with Gasteiger partial charge in [-0.25, -0.2) is 9.69 Å². The minimum Gasteiger partial charge on any atom is -0.483 e. The monoisotopic (exact) mass is 625 g/mol. The third kappa shape index (κ3) is 6.15. The van der Waals surface area contributed by atoms with E-state index in [2.05, 4.69) is 42.5 Å². The van der Waals surface area contributed by atoms with Gasteiger partial charge in [0.1, 0.15) is 11.3 Å². The van der Waals surface area contributed by atoms with Gasteiger partial charge in [-0.15, -0.1) is 0 Å². The molecule has 2 N–H and O–H groups in total. The lowest BCUT2D eigenvalue weighted by atomic mass is 10.1. The number of benzene rings is 3. The van der Waals surface area contributed by atoms with Gasteiger partial charge in [-0.3, -0.25) is 19.7 Å². The predicted molar refractivity (Wildman–Crippen MR) is 147 cm³/mol. The smallest absolute Gasteiger partial charge is 0.335 e. The molecule has 5 amide bonds. The van der Waals surface area contributed by atoms with Crippen LogP contribution in [0.1, 0.15) is 16.7 Å². The summed E-state index contributed by atoms with van der Waals surface area (Å²) >= 11 is 6.69. The van der Waals surface area contributed by atoms with Crippen LogP contribution in [0.4, 0.5) is 16.2 Å². The second kappa shape index (κ2) is 11.1. The number of nitrogens with zero attached hydrogens (tertiary/aromatic N) is 1. The number of halogens is 2. The van der Waals surface area contributed by atoms with E-state index in [1.54, 1.807) is 42.5 Å². The van der Waals surface area contributed by atoms with Crippen LogP contribution >= 0.6 is 31.9 Å². The first-order valence-corrected chi connectivity index (χ1v) is 12.7. The van der Waals surface area contributed by atoms with E-state index < -0.39 is 17.8 Å². The second-order valence-electron chi connectivity index (χ2n) is 8.27. The number of ether oxygens (including phenoxy) is 1. The van der Waals surface area contributed by atoms with Crippen LogP contribution in [0.2, 0.25) is 0 Å². The van der Waals surface area contributed by atoms with Crippen molar-refractivity contribution in [2.45, 2.75) is 13.8 Å². The Balaban J connectivity index is 1.57. The average molecular weight is 627 g/mol. The molecule has 0 bridgehead atoms. The first-order valence-electron chi connectivity index (χ1n) is 11.1. The molecule has 0 spiro atoms. The van der Waals surface area contributed by atoms with Crippen LogP contribution in [-0.4, -0.2) is 30.4 Å². The molecule has 4 rings (SSSR count). The molecule has 1 saturated heterocycles. The van der Waals surface area contributed by atoms with Crippen LogP contribution < -0.4 is 20.3 Å². The third-order valence-corrected chi connectivity index (χ3v) is 6.49. The van der Waals surface area contributed by atoms with Gasteiger partial charge < -0.3 is 10.1 Å². The van der Waals surface area contributed by atoms with Crippen molar-refractivity contribution >= 4 is 73.1 Å². The van der Waals surface area contributed by atoms with Crippen molar-refractivity contribution in [3.63, 3.8) is 0 Å². The lowest BCUT2D eigenvalue weighted by Gasteiger charge is -2.26. The molecular formula is C27H21Br2N3O5. The van der Waals surface area contributed by atoms with Gasteiger partial charge in [-0.2, -0.15) is 0 Å². The molecule has 10 heteroatoms. The van der Waals surface area contributed by atoms with Crippen molar-refractivity contribution in [1.82, 2.24) is 5.32 Å². The van der Waals surface area contributed by atoms with E-state index in [1.807, 2.05) is 32.0 Å². The van der Waals surface area contributed by atoms with E-state index in [-0.39, 0.29) is 23.8 Å². The van der Waals surface area contributed by atoms with Gasteiger partial charge in [0.25, 0.3) is 17.7 Å². The highest BCUT2D eigenvalue weighted by molar-refractivity contribution is 9.10. The van der Waals surface area contributed by atoms with E-state index in [1.165, 1.54) is 6.08 Å². The molecule has 0 aromatic heterocycles. The molecule has 1 aliphatic rings. The zero-order chi connectivity index (χ0) is 26.7. The van der Waals surface area contributed by atoms with Crippen molar-refractivity contribution in [2.75, 3.05) is 16.8 Å². The van der Waals surface area contributed by atoms with Gasteiger partial charge in [-0.05, 0) is 74.0 Å². The third-order valence-electron chi connectivity index (χ3n) is 5.47. The number of hydrogen-bond acceptors (Lipinski definition) is 5. The Morgan fingerprint density at radius 2 is 1.68 bits per heavy atom. The molecule has 3 aromatic rings. The van der Waals surface area contributed by atoms with Crippen molar-refractivity contribution in [1.29, 1.82) is 0 Å². The molecule has 0 aliphatic carbocycles. The normalized spacial score (nSPS) is 14.5. The zero-order valence-corrected chi connectivity index (χ0v) is 23.0. The van der Waals surface area contributed by atoms with Crippen LogP contribution in [0.25, 0.3) is 6.08 Å². The van der Waals surface area contributed by atoms with Gasteiger partial charge in [-0.1, -0.05) is 49.6 Å². The van der Waals surface area contributed by atoms with Crippen molar-refractivity contribution in [2.24, 2.45) is 0 Å². The number of hydrogen-bond donors (Lipinski definition) is 2. The van der Waals surface area contributed by atoms with E-state index >= 15 is 0 Å². The molecule has 1 fully saturated rings. The number of barbiturate groups is 1. The zero-order valence-electron chi connectivity index (χ0n) is 19.8. The number of imide groups is 2. The van der Waals surface area contributed by atoms with Gasteiger partial charge >= 0.3 is 6.03 Å². The first-order chi connectivity index (χ1) is 17.6. The molecule has 1 aliphatic heterocycles. The van der Waals surface area contributed by atoms with Gasteiger partial charge in [0.2, 0.25) is 0 Å². The maximum atomic E-state index is 13.2. The topological polar surface area (TPSA) is 105 Å². The van der Waals surface area contributed by atoms with Crippen molar-refractivity contribution in [3.8, 4) is 5.75 Å². The maximum Gasteiger partial charge on any atom is 0.335 e. The summed E-state index contributed by atoms with van der Waals surface area (Å²) in [5.74, 6) is -1.71. The van der Waals surface area contributed by atoms with Gasteiger partial charge in [0.15, 0.2) is 6.61 Å². The van der Waals surface area contributed by atoms with E-state index in [9.17, 15) is 19.2 Å². The average Bonchev–Trinajstić information content (AvgIpc) is 2.84. The lowest BCUT2D eigenvalue weighted by molar-refractivity contribution is -0.122. The highest BCUT2D eigenvalue weighted by Gasteiger charge is 2.37. The summed E-state index contributed by atoms with van der Waals surface area (Å²) in [5.41, 5.74) is 3.11. The fourth-order valence-corrected chi connectivity index (χ4v) is 4.33. The molecule has 0 saturated carbocycles. The molecular weight excluding hydrogens is 606 g/mol. The minimum absolute atomic E-state index is 0.259. The molecule has 188 valence electrons. The summed E-state index contributed by atoms with van der Waals surface area (Å²) in [6.07, 6.45) is 1.33. The minimum atomic E-state index is -0.844. The summed E-state index contributed by atoms with van der Waals surface area (Å²) in [6, 6.07) is 16.3. The lowest BCUT2D eigenvalue weighted by Crippen LogP contribution is -2.54. The van der Waals surface area contributed by atoms with E-state index in [0.717, 1.165) is 20.5 Å². The standard InChI is InChI=1S/C27H21Br2N3O5/c1-15-3-9-22(16(2)11-15)30-24(33)14-37-23-10-6-19(29)12-17(23)13-21-25(34)31-27(36)32(26(21)35)20-7-4-18(28)5-8-20/h3-13H,14H2,1-2H3,(H,30,33)(H,31,34,36)/b21-13+. The molecule has 8 nitrogen and oxygen atoms in total. The number of carbonyl (C=O) groups is 4. The fourth-order valence-electron chi connectivity index (χ4n) is 3.68. The van der Waals surface area contributed by atoms with Crippen molar-refractivity contribution in [3.05, 3.63) is 91.9 Å². The number of aryl methyl sites for hydroxylation is 2. The van der Waals surface area contributed by atoms with Crippen LogP contribution in [0.15, 0.2) is 75.2 Å². The Labute approximate surface area is 229 Å². The highest BCUT2D eigenvalue weighted by Crippen LogP contribution is 2.29. The van der Waals surface area contributed by atoms with Crippen LogP contribution in [-0.2, 0) is 14.4 Å². The van der Waals surface area contributed by atoms with Crippen LogP contribution in [0.5, 0.6) is 5.75 Å². The summed E-state index contributed by atoms with van der Waals surface area (Å²) in [4.78, 5) is 51.7. The molecule has 37 heavy (non-hydrogen) atoms. The Morgan fingerprint density at radius 1 is 0.973 bits per heavy atom. The molecule has 3 aromatic carbocycles. The Hall–Kier alpha value is -3.76. The van der Waals surface area contributed by atoms with Crippen molar-refractivity contribution < 1.29 is 23.9 Å². The Bertz CT molecular complexity index is 1450. The molecule has 0 unspecified atom stereocenters. The quantitative estimate of drug-likeness (QED) is 0.277. The summed E-state index contributed by atoms with van der Waals surface area (Å²) in [5, 5.41) is 5.01.